The van der Waals surface area contributed by atoms with Gasteiger partial charge in [0.2, 0.25) is 0 Å². The van der Waals surface area contributed by atoms with Crippen molar-refractivity contribution in [1.29, 1.82) is 0 Å². The highest BCUT2D eigenvalue weighted by Gasteiger charge is 2.08. The van der Waals surface area contributed by atoms with Gasteiger partial charge in [0, 0.05) is 11.8 Å². The van der Waals surface area contributed by atoms with Crippen LogP contribution in [0.25, 0.3) is 11.3 Å². The van der Waals surface area contributed by atoms with Gasteiger partial charge < -0.3 is 5.73 Å². The predicted octanol–water partition coefficient (Wildman–Crippen LogP) is 3.49. The summed E-state index contributed by atoms with van der Waals surface area (Å²) in [5.74, 6) is 0. The Morgan fingerprint density at radius 3 is 2.60 bits per heavy atom. The standard InChI is InChI=1S/C17H17N3/c1-13-6-5-9-15(10-13)17-16(18)12-20(19-17)11-14-7-3-2-4-8-14/h2-10,12H,11,18H2,1H3. The van der Waals surface area contributed by atoms with Gasteiger partial charge in [-0.2, -0.15) is 5.10 Å². The minimum absolute atomic E-state index is 0.714. The van der Waals surface area contributed by atoms with Crippen LogP contribution in [0.2, 0.25) is 0 Å². The lowest BCUT2D eigenvalue weighted by Gasteiger charge is -2.02. The second kappa shape index (κ2) is 5.21. The largest absolute Gasteiger partial charge is 0.396 e. The van der Waals surface area contributed by atoms with Crippen molar-refractivity contribution in [2.75, 3.05) is 5.73 Å². The fourth-order valence-electron chi connectivity index (χ4n) is 2.30. The van der Waals surface area contributed by atoms with Gasteiger partial charge in [0.1, 0.15) is 5.69 Å². The fourth-order valence-corrected chi connectivity index (χ4v) is 2.30. The van der Waals surface area contributed by atoms with Crippen molar-refractivity contribution in [1.82, 2.24) is 9.78 Å². The Labute approximate surface area is 118 Å². The molecule has 0 bridgehead atoms. The Balaban J connectivity index is 1.91. The Morgan fingerprint density at radius 1 is 1.05 bits per heavy atom. The maximum Gasteiger partial charge on any atom is 0.115 e. The van der Waals surface area contributed by atoms with E-state index in [9.17, 15) is 0 Å². The number of hydrogen-bond donors (Lipinski definition) is 1. The van der Waals surface area contributed by atoms with E-state index in [0.29, 0.717) is 5.69 Å². The second-order valence-corrected chi connectivity index (χ2v) is 4.99. The molecule has 0 spiro atoms. The number of nitrogens with two attached hydrogens (primary N) is 1. The lowest BCUT2D eigenvalue weighted by Crippen LogP contribution is -2.00. The monoisotopic (exact) mass is 263 g/mol. The summed E-state index contributed by atoms with van der Waals surface area (Å²) in [5.41, 5.74) is 11.1. The average molecular weight is 263 g/mol. The second-order valence-electron chi connectivity index (χ2n) is 4.99. The zero-order valence-corrected chi connectivity index (χ0v) is 11.5. The van der Waals surface area contributed by atoms with Crippen molar-refractivity contribution in [3.05, 3.63) is 71.9 Å². The number of hydrogen-bond acceptors (Lipinski definition) is 2. The summed E-state index contributed by atoms with van der Waals surface area (Å²) >= 11 is 0. The summed E-state index contributed by atoms with van der Waals surface area (Å²) < 4.78 is 1.89. The minimum atomic E-state index is 0.714. The molecular formula is C17H17N3. The Bertz CT molecular complexity index is 714. The van der Waals surface area contributed by atoms with E-state index < -0.39 is 0 Å². The van der Waals surface area contributed by atoms with Crippen molar-refractivity contribution in [3.63, 3.8) is 0 Å². The number of benzene rings is 2. The lowest BCUT2D eigenvalue weighted by molar-refractivity contribution is 0.689. The molecule has 0 amide bonds. The summed E-state index contributed by atoms with van der Waals surface area (Å²) in [4.78, 5) is 0. The topological polar surface area (TPSA) is 43.8 Å². The third-order valence-electron chi connectivity index (χ3n) is 3.27. The lowest BCUT2D eigenvalue weighted by atomic mass is 10.1. The number of aryl methyl sites for hydroxylation is 1. The highest BCUT2D eigenvalue weighted by atomic mass is 15.3. The van der Waals surface area contributed by atoms with Gasteiger partial charge in [0.05, 0.1) is 12.2 Å². The van der Waals surface area contributed by atoms with Crippen molar-refractivity contribution >= 4 is 5.69 Å². The Kier molecular flexibility index (Phi) is 3.25. The van der Waals surface area contributed by atoms with Gasteiger partial charge in [0.15, 0.2) is 0 Å². The first-order chi connectivity index (χ1) is 9.72. The molecule has 2 N–H and O–H groups in total. The maximum atomic E-state index is 6.09. The van der Waals surface area contributed by atoms with E-state index >= 15 is 0 Å². The van der Waals surface area contributed by atoms with Crippen LogP contribution < -0.4 is 5.73 Å². The number of anilines is 1. The van der Waals surface area contributed by atoms with Crippen molar-refractivity contribution < 1.29 is 0 Å². The van der Waals surface area contributed by atoms with E-state index in [1.54, 1.807) is 0 Å². The number of aromatic nitrogens is 2. The molecule has 0 aliphatic carbocycles. The molecule has 0 unspecified atom stereocenters. The van der Waals surface area contributed by atoms with Crippen LogP contribution in [0.5, 0.6) is 0 Å². The van der Waals surface area contributed by atoms with Gasteiger partial charge in [-0.15, -0.1) is 0 Å². The number of nitrogen functional groups attached to an aromatic ring is 1. The van der Waals surface area contributed by atoms with Crippen LogP contribution >= 0.6 is 0 Å². The van der Waals surface area contributed by atoms with Crippen molar-refractivity contribution in [3.8, 4) is 11.3 Å². The Morgan fingerprint density at radius 2 is 1.85 bits per heavy atom. The summed E-state index contributed by atoms with van der Waals surface area (Å²) in [6, 6.07) is 18.5. The molecule has 20 heavy (non-hydrogen) atoms. The third kappa shape index (κ3) is 2.57. The first-order valence-electron chi connectivity index (χ1n) is 6.66. The summed E-state index contributed by atoms with van der Waals surface area (Å²) in [7, 11) is 0. The van der Waals surface area contributed by atoms with Crippen LogP contribution in [-0.4, -0.2) is 9.78 Å². The minimum Gasteiger partial charge on any atom is -0.396 e. The molecule has 100 valence electrons. The SMILES string of the molecule is Cc1cccc(-c2nn(Cc3ccccc3)cc2N)c1. The highest BCUT2D eigenvalue weighted by molar-refractivity contribution is 5.72. The molecule has 3 rings (SSSR count). The van der Waals surface area contributed by atoms with Crippen LogP contribution in [0.4, 0.5) is 5.69 Å². The van der Waals surface area contributed by atoms with Gasteiger partial charge in [-0.1, -0.05) is 54.1 Å². The van der Waals surface area contributed by atoms with Gasteiger partial charge >= 0.3 is 0 Å². The van der Waals surface area contributed by atoms with Gasteiger partial charge in [-0.25, -0.2) is 0 Å². The highest BCUT2D eigenvalue weighted by Crippen LogP contribution is 2.24. The van der Waals surface area contributed by atoms with E-state index in [4.69, 9.17) is 5.73 Å². The molecule has 3 aromatic rings. The van der Waals surface area contributed by atoms with Crippen LogP contribution in [-0.2, 0) is 6.54 Å². The van der Waals surface area contributed by atoms with E-state index in [1.165, 1.54) is 11.1 Å². The smallest absolute Gasteiger partial charge is 0.115 e. The summed E-state index contributed by atoms with van der Waals surface area (Å²) in [5, 5.41) is 4.61. The van der Waals surface area contributed by atoms with Gasteiger partial charge in [-0.05, 0) is 18.6 Å². The molecule has 3 heteroatoms. The molecule has 2 aromatic carbocycles. The third-order valence-corrected chi connectivity index (χ3v) is 3.27. The van der Waals surface area contributed by atoms with Crippen LogP contribution in [0, 0.1) is 6.92 Å². The molecule has 0 saturated heterocycles. The van der Waals surface area contributed by atoms with Gasteiger partial charge in [0.25, 0.3) is 0 Å². The summed E-state index contributed by atoms with van der Waals surface area (Å²) in [6.07, 6.45) is 1.89. The van der Waals surface area contributed by atoms with E-state index in [1.807, 2.05) is 41.2 Å². The fraction of sp³-hybridized carbons (Fsp3) is 0.118. The maximum absolute atomic E-state index is 6.09. The molecule has 1 aromatic heterocycles. The normalized spacial score (nSPS) is 10.7. The molecule has 0 aliphatic heterocycles. The molecule has 0 fully saturated rings. The zero-order chi connectivity index (χ0) is 13.9. The molecule has 1 heterocycles. The van der Waals surface area contributed by atoms with E-state index in [2.05, 4.69) is 36.3 Å². The number of rotatable bonds is 3. The van der Waals surface area contributed by atoms with Gasteiger partial charge in [-0.3, -0.25) is 4.68 Å². The zero-order valence-electron chi connectivity index (χ0n) is 11.5. The van der Waals surface area contributed by atoms with Crippen molar-refractivity contribution in [2.45, 2.75) is 13.5 Å². The Hall–Kier alpha value is -2.55. The molecular weight excluding hydrogens is 246 g/mol. The molecule has 0 saturated carbocycles. The first-order valence-corrected chi connectivity index (χ1v) is 6.66. The summed E-state index contributed by atoms with van der Waals surface area (Å²) in [6.45, 7) is 2.80. The predicted molar refractivity (Wildman–Crippen MR) is 82.4 cm³/mol. The van der Waals surface area contributed by atoms with Crippen LogP contribution in [0.3, 0.4) is 0 Å². The number of nitrogens with zero attached hydrogens (tertiary/aromatic N) is 2. The van der Waals surface area contributed by atoms with Crippen molar-refractivity contribution in [2.24, 2.45) is 0 Å². The molecule has 0 atom stereocenters. The average Bonchev–Trinajstić information content (AvgIpc) is 2.81. The quantitative estimate of drug-likeness (QED) is 0.786. The molecule has 3 nitrogen and oxygen atoms in total. The first kappa shape index (κ1) is 12.5. The van der Waals surface area contributed by atoms with Crippen LogP contribution in [0.15, 0.2) is 60.8 Å². The van der Waals surface area contributed by atoms with E-state index in [-0.39, 0.29) is 0 Å². The molecule has 0 radical (unpaired) electrons. The van der Waals surface area contributed by atoms with Crippen LogP contribution in [0.1, 0.15) is 11.1 Å². The van der Waals surface area contributed by atoms with E-state index in [0.717, 1.165) is 17.8 Å². The molecule has 0 aliphatic rings.